The van der Waals surface area contributed by atoms with E-state index in [4.69, 9.17) is 0 Å². The van der Waals surface area contributed by atoms with E-state index >= 15 is 0 Å². The van der Waals surface area contributed by atoms with Crippen molar-refractivity contribution in [3.63, 3.8) is 0 Å². The first-order chi connectivity index (χ1) is 6.33. The van der Waals surface area contributed by atoms with Crippen LogP contribution in [0.4, 0.5) is 0 Å². The van der Waals surface area contributed by atoms with E-state index in [0.29, 0.717) is 0 Å². The van der Waals surface area contributed by atoms with Gasteiger partial charge < -0.3 is 0 Å². The zero-order valence-corrected chi connectivity index (χ0v) is 8.16. The predicted molar refractivity (Wildman–Crippen MR) is 58.7 cm³/mol. The van der Waals surface area contributed by atoms with E-state index in [1.54, 1.807) is 0 Å². The first-order valence-electron chi connectivity index (χ1n) is 4.65. The Kier molecular flexibility index (Phi) is 4.04. The second-order valence-electron chi connectivity index (χ2n) is 3.23. The highest BCUT2D eigenvalue weighted by atomic mass is 14.0. The maximum atomic E-state index is 3.68. The fourth-order valence-corrected chi connectivity index (χ4v) is 1.27. The van der Waals surface area contributed by atoms with Crippen molar-refractivity contribution in [2.45, 2.75) is 19.8 Å². The Balaban J connectivity index is 2.44. The Hall–Kier alpha value is -1.30. The van der Waals surface area contributed by atoms with E-state index in [0.717, 1.165) is 12.8 Å². The minimum atomic E-state index is 1.12. The van der Waals surface area contributed by atoms with E-state index in [-0.39, 0.29) is 0 Å². The molecule has 1 rings (SSSR count). The number of hydrogen-bond donors (Lipinski definition) is 0. The molecule has 68 valence electrons. The Bertz CT molecular complexity index is 280. The maximum absolute atomic E-state index is 3.68. The molecule has 0 saturated heterocycles. The normalized spacial score (nSPS) is 11.3. The molecule has 0 N–H and O–H groups in total. The summed E-state index contributed by atoms with van der Waals surface area (Å²) in [6.45, 7) is 5.82. The van der Waals surface area contributed by atoms with Gasteiger partial charge in [0.25, 0.3) is 0 Å². The Morgan fingerprint density at radius 3 is 2.62 bits per heavy atom. The molecule has 0 radical (unpaired) electrons. The van der Waals surface area contributed by atoms with Gasteiger partial charge in [-0.2, -0.15) is 0 Å². The molecular weight excluding hydrogens is 156 g/mol. The first kappa shape index (κ1) is 9.79. The predicted octanol–water partition coefficient (Wildman–Crippen LogP) is 3.75. The van der Waals surface area contributed by atoms with Gasteiger partial charge in [0.1, 0.15) is 0 Å². The van der Waals surface area contributed by atoms with Crippen molar-refractivity contribution in [1.29, 1.82) is 0 Å². The van der Waals surface area contributed by atoms with Crippen molar-refractivity contribution in [2.75, 3.05) is 0 Å². The molecule has 0 aromatic heterocycles. The summed E-state index contributed by atoms with van der Waals surface area (Å²) in [6, 6.07) is 10.6. The third kappa shape index (κ3) is 3.75. The summed E-state index contributed by atoms with van der Waals surface area (Å²) in [6.07, 6.45) is 6.16. The van der Waals surface area contributed by atoms with Crippen LogP contribution < -0.4 is 0 Å². The lowest BCUT2D eigenvalue weighted by Crippen LogP contribution is -1.85. The highest BCUT2D eigenvalue weighted by molar-refractivity contribution is 5.17. The molecule has 0 fully saturated rings. The van der Waals surface area contributed by atoms with Crippen LogP contribution in [-0.2, 0) is 6.42 Å². The van der Waals surface area contributed by atoms with Crippen molar-refractivity contribution < 1.29 is 0 Å². The number of benzene rings is 1. The molecular formula is C13H16. The lowest BCUT2D eigenvalue weighted by molar-refractivity contribution is 0.941. The maximum Gasteiger partial charge on any atom is -0.0241 e. The van der Waals surface area contributed by atoms with Crippen molar-refractivity contribution >= 4 is 0 Å². The molecule has 1 aromatic carbocycles. The van der Waals surface area contributed by atoms with E-state index in [1.807, 2.05) is 6.08 Å². The summed E-state index contributed by atoms with van der Waals surface area (Å²) >= 11 is 0. The molecule has 0 nitrogen and oxygen atoms in total. The Morgan fingerprint density at radius 1 is 1.31 bits per heavy atom. The van der Waals surface area contributed by atoms with Crippen LogP contribution in [0.5, 0.6) is 0 Å². The number of allylic oxidation sites excluding steroid dienone is 3. The molecule has 0 spiro atoms. The van der Waals surface area contributed by atoms with Crippen molar-refractivity contribution in [3.05, 3.63) is 60.2 Å². The Labute approximate surface area is 80.6 Å². The number of hydrogen-bond acceptors (Lipinski definition) is 0. The molecule has 0 saturated carbocycles. The summed E-state index contributed by atoms with van der Waals surface area (Å²) in [7, 11) is 0. The molecule has 0 aliphatic heterocycles. The average molecular weight is 172 g/mol. The van der Waals surface area contributed by atoms with Crippen LogP contribution in [0.15, 0.2) is 54.6 Å². The monoisotopic (exact) mass is 172 g/mol. The molecule has 0 heterocycles. The van der Waals surface area contributed by atoms with Gasteiger partial charge in [-0.3, -0.25) is 0 Å². The number of rotatable bonds is 4. The summed E-state index contributed by atoms with van der Waals surface area (Å²) in [5.74, 6) is 0. The summed E-state index contributed by atoms with van der Waals surface area (Å²) in [4.78, 5) is 0. The summed E-state index contributed by atoms with van der Waals surface area (Å²) < 4.78 is 0. The quantitative estimate of drug-likeness (QED) is 0.607. The van der Waals surface area contributed by atoms with Gasteiger partial charge in [-0.1, -0.05) is 54.6 Å². The van der Waals surface area contributed by atoms with Gasteiger partial charge in [0, 0.05) is 0 Å². The molecule has 0 atom stereocenters. The van der Waals surface area contributed by atoms with Gasteiger partial charge in [-0.05, 0) is 25.3 Å². The van der Waals surface area contributed by atoms with Gasteiger partial charge in [-0.25, -0.2) is 0 Å². The first-order valence-corrected chi connectivity index (χ1v) is 4.65. The molecule has 0 heteroatoms. The highest BCUT2D eigenvalue weighted by Crippen LogP contribution is 2.08. The summed E-state index contributed by atoms with van der Waals surface area (Å²) in [5.41, 5.74) is 2.79. The lowest BCUT2D eigenvalue weighted by atomic mass is 10.1. The fraction of sp³-hybridized carbons (Fsp3) is 0.231. The van der Waals surface area contributed by atoms with E-state index in [2.05, 4.69) is 49.9 Å². The largest absolute Gasteiger partial charge is 0.0991 e. The van der Waals surface area contributed by atoms with Gasteiger partial charge in [0.15, 0.2) is 0 Å². The summed E-state index contributed by atoms with van der Waals surface area (Å²) in [5, 5.41) is 0. The van der Waals surface area contributed by atoms with Gasteiger partial charge in [0.05, 0.1) is 0 Å². The second-order valence-corrected chi connectivity index (χ2v) is 3.23. The zero-order chi connectivity index (χ0) is 9.52. The average Bonchev–Trinajstić information content (AvgIpc) is 2.17. The zero-order valence-electron chi connectivity index (χ0n) is 8.16. The van der Waals surface area contributed by atoms with E-state index in [1.165, 1.54) is 11.1 Å². The van der Waals surface area contributed by atoms with E-state index in [9.17, 15) is 0 Å². The molecule has 1 aromatic rings. The van der Waals surface area contributed by atoms with Crippen LogP contribution in [0, 0.1) is 0 Å². The van der Waals surface area contributed by atoms with Crippen LogP contribution >= 0.6 is 0 Å². The third-order valence-electron chi connectivity index (χ3n) is 2.05. The third-order valence-corrected chi connectivity index (χ3v) is 2.05. The van der Waals surface area contributed by atoms with Crippen LogP contribution in [0.1, 0.15) is 18.9 Å². The van der Waals surface area contributed by atoms with Crippen molar-refractivity contribution in [1.82, 2.24) is 0 Å². The van der Waals surface area contributed by atoms with Crippen LogP contribution in [0.25, 0.3) is 0 Å². The Morgan fingerprint density at radius 2 is 2.00 bits per heavy atom. The lowest BCUT2D eigenvalue weighted by Gasteiger charge is -2.00. The van der Waals surface area contributed by atoms with Crippen molar-refractivity contribution in [3.8, 4) is 0 Å². The SMILES string of the molecule is C=CC=C(C)CCc1ccccc1. The van der Waals surface area contributed by atoms with Gasteiger partial charge in [-0.15, -0.1) is 0 Å². The molecule has 0 unspecified atom stereocenters. The fourth-order valence-electron chi connectivity index (χ4n) is 1.27. The van der Waals surface area contributed by atoms with Crippen LogP contribution in [0.3, 0.4) is 0 Å². The number of aryl methyl sites for hydroxylation is 1. The molecule has 0 bridgehead atoms. The van der Waals surface area contributed by atoms with Gasteiger partial charge in [0.2, 0.25) is 0 Å². The van der Waals surface area contributed by atoms with Gasteiger partial charge >= 0.3 is 0 Å². The minimum Gasteiger partial charge on any atom is -0.0991 e. The van der Waals surface area contributed by atoms with Crippen LogP contribution in [-0.4, -0.2) is 0 Å². The second kappa shape index (κ2) is 5.36. The van der Waals surface area contributed by atoms with Crippen LogP contribution in [0.2, 0.25) is 0 Å². The minimum absolute atomic E-state index is 1.12. The molecule has 13 heavy (non-hydrogen) atoms. The highest BCUT2D eigenvalue weighted by Gasteiger charge is 1.91. The standard InChI is InChI=1S/C13H16/c1-3-7-12(2)10-11-13-8-5-4-6-9-13/h3-9H,1,10-11H2,2H3. The smallest absolute Gasteiger partial charge is 0.0241 e. The topological polar surface area (TPSA) is 0 Å². The molecule has 0 aliphatic carbocycles. The van der Waals surface area contributed by atoms with E-state index < -0.39 is 0 Å². The molecule has 0 aliphatic rings. The molecule has 0 amide bonds. The van der Waals surface area contributed by atoms with Crippen molar-refractivity contribution in [2.24, 2.45) is 0 Å².